The molecule has 0 rings (SSSR count). The molecule has 0 radical (unpaired) electrons. The van der Waals surface area contributed by atoms with Gasteiger partial charge in [0.05, 0.1) is 0 Å². The summed E-state index contributed by atoms with van der Waals surface area (Å²) in [6.07, 6.45) is -16.3. The van der Waals surface area contributed by atoms with Crippen molar-refractivity contribution in [3.05, 3.63) is 12.1 Å². The number of rotatable bonds is 7. The first-order valence-corrected chi connectivity index (χ1v) is 6.12. The largest absolute Gasteiger partial charge is 0.461 e. The van der Waals surface area contributed by atoms with E-state index in [1.54, 1.807) is 0 Å². The molecule has 1 N–H and O–H groups in total. The summed E-state index contributed by atoms with van der Waals surface area (Å²) in [6.45, 7) is -0.787. The molecule has 0 fully saturated rings. The summed E-state index contributed by atoms with van der Waals surface area (Å²) in [5.74, 6) is -5.45. The minimum Gasteiger partial charge on any atom is -0.398 e. The number of ether oxygens (including phenoxy) is 2. The monoisotopic (exact) mass is 390 g/mol. The molecule has 0 aromatic heterocycles. The zero-order valence-corrected chi connectivity index (χ0v) is 11.1. The Labute approximate surface area is 120 Å². The molecule has 1 atom stereocenters. The summed E-state index contributed by atoms with van der Waals surface area (Å²) in [6, 6.07) is -3.45. The first-order chi connectivity index (χ1) is 9.78. The molecule has 0 aliphatic heterocycles. The van der Waals surface area contributed by atoms with Gasteiger partial charge in [0.1, 0.15) is 0 Å². The molecule has 23 heavy (non-hydrogen) atoms. The van der Waals surface area contributed by atoms with E-state index in [0.717, 1.165) is 0 Å². The van der Waals surface area contributed by atoms with Gasteiger partial charge in [0, 0.05) is 6.92 Å². The van der Waals surface area contributed by atoms with Gasteiger partial charge in [0.2, 0.25) is 0 Å². The van der Waals surface area contributed by atoms with E-state index in [1.807, 2.05) is 0 Å². The third-order valence-corrected chi connectivity index (χ3v) is 2.75. The van der Waals surface area contributed by atoms with E-state index < -0.39 is 52.5 Å². The molecule has 0 aromatic carbocycles. The van der Waals surface area contributed by atoms with Gasteiger partial charge in [-0.3, -0.25) is 9.29 Å². The van der Waals surface area contributed by atoms with E-state index >= 15 is 0 Å². The van der Waals surface area contributed by atoms with Crippen molar-refractivity contribution in [3.8, 4) is 0 Å². The molecule has 138 valence electrons. The van der Waals surface area contributed by atoms with Crippen molar-refractivity contribution < 1.29 is 66.3 Å². The summed E-state index contributed by atoms with van der Waals surface area (Å²) in [7, 11) is -6.98. The predicted molar refractivity (Wildman–Crippen MR) is 48.4 cm³/mol. The van der Waals surface area contributed by atoms with Crippen molar-refractivity contribution in [2.45, 2.75) is 30.3 Å². The molecular formula is C7H4F10O5S. The van der Waals surface area contributed by atoms with E-state index in [4.69, 9.17) is 4.55 Å². The van der Waals surface area contributed by atoms with Gasteiger partial charge in [0.25, 0.3) is 0 Å². The van der Waals surface area contributed by atoms with Crippen LogP contribution in [-0.2, 0) is 19.6 Å². The zero-order valence-electron chi connectivity index (χ0n) is 10.3. The highest BCUT2D eigenvalue weighted by molar-refractivity contribution is 7.86. The van der Waals surface area contributed by atoms with Crippen molar-refractivity contribution in [2.24, 2.45) is 0 Å². The summed E-state index contributed by atoms with van der Waals surface area (Å²) in [5.41, 5.74) is 0. The Hall–Kier alpha value is -1.29. The summed E-state index contributed by atoms with van der Waals surface area (Å²) in [4.78, 5) is 0. The average Bonchev–Trinajstić information content (AvgIpc) is 2.24. The quantitative estimate of drug-likeness (QED) is 0.410. The molecule has 1 unspecified atom stereocenters. The smallest absolute Gasteiger partial charge is 0.398 e. The standard InChI is InChI=1S/C7H4F10O5S/c1-4(11,5(12,13)21-3(10)2(8)9)22-6(14,15)7(16,17)23(18,19)20/h1H3,(H,18,19,20). The third kappa shape index (κ3) is 4.37. The molecule has 16 heteroatoms. The van der Waals surface area contributed by atoms with Gasteiger partial charge in [0.15, 0.2) is 0 Å². The van der Waals surface area contributed by atoms with Crippen LogP contribution in [0.5, 0.6) is 0 Å². The van der Waals surface area contributed by atoms with Crippen molar-refractivity contribution in [2.75, 3.05) is 0 Å². The predicted octanol–water partition coefficient (Wildman–Crippen LogP) is 3.41. The molecule has 5 nitrogen and oxygen atoms in total. The first kappa shape index (κ1) is 21.7. The maximum absolute atomic E-state index is 13.3. The van der Waals surface area contributed by atoms with Gasteiger partial charge in [-0.2, -0.15) is 47.9 Å². The fraction of sp³-hybridized carbons (Fsp3) is 0.714. The average molecular weight is 390 g/mol. The van der Waals surface area contributed by atoms with Crippen LogP contribution in [0.3, 0.4) is 0 Å². The third-order valence-electron chi connectivity index (χ3n) is 1.87. The fourth-order valence-electron chi connectivity index (χ4n) is 0.752. The van der Waals surface area contributed by atoms with Crippen molar-refractivity contribution in [1.82, 2.24) is 0 Å². The number of hydrogen-bond donors (Lipinski definition) is 1. The lowest BCUT2D eigenvalue weighted by Gasteiger charge is -2.33. The number of alkyl halides is 7. The van der Waals surface area contributed by atoms with Crippen LogP contribution in [0.1, 0.15) is 6.92 Å². The van der Waals surface area contributed by atoms with Crippen LogP contribution in [0.2, 0.25) is 0 Å². The number of halogens is 10. The van der Waals surface area contributed by atoms with Crippen molar-refractivity contribution in [3.63, 3.8) is 0 Å². The molecule has 0 aromatic rings. The normalized spacial score (nSPS) is 16.7. The number of hydrogen-bond acceptors (Lipinski definition) is 4. The minimum absolute atomic E-state index is 0.787. The van der Waals surface area contributed by atoms with E-state index in [-0.39, 0.29) is 0 Å². The van der Waals surface area contributed by atoms with Crippen LogP contribution in [0.4, 0.5) is 43.9 Å². The van der Waals surface area contributed by atoms with Crippen LogP contribution in [0.25, 0.3) is 0 Å². The van der Waals surface area contributed by atoms with Crippen LogP contribution in [0.15, 0.2) is 12.1 Å². The maximum atomic E-state index is 13.3. The van der Waals surface area contributed by atoms with E-state index in [2.05, 4.69) is 9.47 Å². The van der Waals surface area contributed by atoms with Crippen LogP contribution in [0, 0.1) is 0 Å². The summed E-state index contributed by atoms with van der Waals surface area (Å²) < 4.78 is 158. The highest BCUT2D eigenvalue weighted by atomic mass is 32.2. The zero-order chi connectivity index (χ0) is 19.1. The van der Waals surface area contributed by atoms with Crippen LogP contribution in [-0.4, -0.2) is 36.3 Å². The molecule has 0 spiro atoms. The Morgan fingerprint density at radius 2 is 1.30 bits per heavy atom. The van der Waals surface area contributed by atoms with Gasteiger partial charge < -0.3 is 4.74 Å². The molecule has 0 heterocycles. The Balaban J connectivity index is 5.67. The first-order valence-electron chi connectivity index (χ1n) is 4.68. The van der Waals surface area contributed by atoms with Gasteiger partial charge in [-0.1, -0.05) is 0 Å². The Kier molecular flexibility index (Phi) is 5.64. The molecule has 0 aliphatic rings. The lowest BCUT2D eigenvalue weighted by atomic mass is 10.3. The highest BCUT2D eigenvalue weighted by Gasteiger charge is 2.73. The topological polar surface area (TPSA) is 72.8 Å². The molecule has 0 saturated carbocycles. The lowest BCUT2D eigenvalue weighted by molar-refractivity contribution is -0.451. The van der Waals surface area contributed by atoms with E-state index in [0.29, 0.717) is 0 Å². The van der Waals surface area contributed by atoms with E-state index in [9.17, 15) is 52.3 Å². The maximum Gasteiger partial charge on any atom is 0.461 e. The molecule has 0 bridgehead atoms. The van der Waals surface area contributed by atoms with Crippen molar-refractivity contribution in [1.29, 1.82) is 0 Å². The lowest BCUT2D eigenvalue weighted by Crippen LogP contribution is -2.56. The van der Waals surface area contributed by atoms with Crippen molar-refractivity contribution >= 4 is 10.1 Å². The van der Waals surface area contributed by atoms with Gasteiger partial charge in [-0.15, -0.1) is 0 Å². The van der Waals surface area contributed by atoms with E-state index in [1.165, 1.54) is 0 Å². The van der Waals surface area contributed by atoms with Gasteiger partial charge in [-0.05, 0) is 0 Å². The van der Waals surface area contributed by atoms with Gasteiger partial charge in [-0.25, -0.2) is 4.39 Å². The molecule has 0 amide bonds. The SMILES string of the molecule is CC(F)(OC(F)(F)C(F)(F)S(=O)(=O)O)C(F)(F)OC(F)=C(F)F. The fourth-order valence-corrected chi connectivity index (χ4v) is 1.09. The van der Waals surface area contributed by atoms with Gasteiger partial charge >= 0.3 is 45.5 Å². The Morgan fingerprint density at radius 1 is 0.913 bits per heavy atom. The second kappa shape index (κ2) is 5.97. The summed E-state index contributed by atoms with van der Waals surface area (Å²) >= 11 is 0. The summed E-state index contributed by atoms with van der Waals surface area (Å²) in [5, 5.41) is -6.62. The second-order valence-electron chi connectivity index (χ2n) is 3.68. The van der Waals surface area contributed by atoms with Crippen LogP contribution < -0.4 is 0 Å². The second-order valence-corrected chi connectivity index (χ2v) is 5.14. The molecule has 0 aliphatic carbocycles. The van der Waals surface area contributed by atoms with Crippen LogP contribution >= 0.6 is 0 Å². The highest BCUT2D eigenvalue weighted by Crippen LogP contribution is 2.46. The molecular weight excluding hydrogens is 386 g/mol. The Bertz CT molecular complexity index is 578. The minimum atomic E-state index is -6.98. The molecule has 0 saturated heterocycles. The Morgan fingerprint density at radius 3 is 1.61 bits per heavy atom.